The Kier molecular flexibility index (Phi) is 8.90. The number of hydrogen-bond acceptors (Lipinski definition) is 3. The van der Waals surface area contributed by atoms with Crippen LogP contribution >= 0.6 is 0 Å². The molecule has 288 valence electrons. The van der Waals surface area contributed by atoms with Gasteiger partial charge in [-0.2, -0.15) is 12.1 Å². The summed E-state index contributed by atoms with van der Waals surface area (Å²) in [6, 6.07) is 75.3. The van der Waals surface area contributed by atoms with E-state index in [4.69, 9.17) is 9.15 Å². The van der Waals surface area contributed by atoms with E-state index in [1.165, 1.54) is 0 Å². The van der Waals surface area contributed by atoms with E-state index in [-0.39, 0.29) is 21.1 Å². The van der Waals surface area contributed by atoms with Crippen LogP contribution in [0.3, 0.4) is 0 Å². The van der Waals surface area contributed by atoms with Gasteiger partial charge in [-0.15, -0.1) is 23.6 Å². The number of rotatable bonds is 7. The maximum atomic E-state index is 6.77. The molecule has 61 heavy (non-hydrogen) atoms. The average Bonchev–Trinajstić information content (AvgIpc) is 3.99. The molecular formula is C54H32N4O2Pt+2. The summed E-state index contributed by atoms with van der Waals surface area (Å²) in [5, 5.41) is 4.29. The molecule has 0 amide bonds. The van der Waals surface area contributed by atoms with E-state index in [0.29, 0.717) is 11.5 Å². The third kappa shape index (κ3) is 6.04. The van der Waals surface area contributed by atoms with Crippen LogP contribution in [-0.2, 0) is 21.1 Å². The van der Waals surface area contributed by atoms with Crippen LogP contribution in [0.1, 0.15) is 0 Å². The van der Waals surface area contributed by atoms with E-state index >= 15 is 0 Å². The number of benzene rings is 8. The summed E-state index contributed by atoms with van der Waals surface area (Å²) < 4.78 is 19.7. The van der Waals surface area contributed by atoms with Crippen molar-refractivity contribution in [2.24, 2.45) is 0 Å². The Hall–Kier alpha value is -7.62. The van der Waals surface area contributed by atoms with Gasteiger partial charge in [0.25, 0.3) is 0 Å². The SMILES string of the molecule is C1=[N+](c2[c-]c(Oc3[c-]c4c(cc3)c3ccccc3n4-c3ccccn3)ccc2)c2ccc3c(oc4ccccc43)c2[N+]=1c1c(-c2ccccc2)cccc1-c1ccccc1.[Pt+2]. The van der Waals surface area contributed by atoms with Crippen molar-refractivity contribution in [3.63, 3.8) is 0 Å². The molecule has 1 aliphatic heterocycles. The van der Waals surface area contributed by atoms with E-state index in [1.807, 2.05) is 79.0 Å². The maximum Gasteiger partial charge on any atom is 2.00 e. The summed E-state index contributed by atoms with van der Waals surface area (Å²) in [4.78, 5) is 4.69. The molecule has 0 aliphatic carbocycles. The van der Waals surface area contributed by atoms with Crippen molar-refractivity contribution in [2.75, 3.05) is 0 Å². The van der Waals surface area contributed by atoms with Gasteiger partial charge in [0.2, 0.25) is 11.3 Å². The molecule has 0 spiro atoms. The van der Waals surface area contributed by atoms with Gasteiger partial charge in [-0.25, -0.2) is 4.98 Å². The molecule has 0 saturated heterocycles. The van der Waals surface area contributed by atoms with Gasteiger partial charge in [-0.05, 0) is 63.6 Å². The summed E-state index contributed by atoms with van der Waals surface area (Å²) in [5.41, 5.74) is 11.4. The first-order valence-electron chi connectivity index (χ1n) is 19.9. The predicted molar refractivity (Wildman–Crippen MR) is 242 cm³/mol. The van der Waals surface area contributed by atoms with E-state index in [1.54, 1.807) is 0 Å². The average molecular weight is 964 g/mol. The quantitative estimate of drug-likeness (QED) is 0.118. The smallest absolute Gasteiger partial charge is 0.509 e. The number of fused-ring (bicyclic) bond motifs is 8. The summed E-state index contributed by atoms with van der Waals surface area (Å²) >= 11 is 0. The first-order valence-corrected chi connectivity index (χ1v) is 19.9. The van der Waals surface area contributed by atoms with Crippen molar-refractivity contribution >= 4 is 72.5 Å². The molecule has 0 unspecified atom stereocenters. The van der Waals surface area contributed by atoms with Crippen molar-refractivity contribution in [1.82, 2.24) is 18.7 Å². The molecule has 0 N–H and O–H groups in total. The number of furan rings is 1. The van der Waals surface area contributed by atoms with Gasteiger partial charge in [0.15, 0.2) is 0 Å². The summed E-state index contributed by atoms with van der Waals surface area (Å²) in [6.45, 7) is 0. The normalized spacial score (nSPS) is 12.1. The van der Waals surface area contributed by atoms with Crippen LogP contribution in [0.4, 0.5) is 22.7 Å². The van der Waals surface area contributed by atoms with Crippen molar-refractivity contribution in [1.29, 1.82) is 0 Å². The minimum atomic E-state index is 0. The Labute approximate surface area is 365 Å². The standard InChI is InChI=1S/C54H32N4O2.Pt/c1-3-15-36(16-4-1)41-23-14-24-42(37-17-5-2-6-18-37)52(41)57-35-56(48-31-30-46-45-22-8-10-26-50(45)60-54(46)53(48)57)38-19-13-20-39(33-38)59-40-28-29-44-43-21-7-9-25-47(43)58(49(44)34-40)51-27-11-12-32-55-51;/h1-32H;/q;+2. The van der Waals surface area contributed by atoms with Crippen molar-refractivity contribution in [3.8, 4) is 39.6 Å². The minimum absolute atomic E-state index is 0. The second-order valence-electron chi connectivity index (χ2n) is 14.7. The third-order valence-electron chi connectivity index (χ3n) is 11.2. The molecule has 4 heterocycles. The summed E-state index contributed by atoms with van der Waals surface area (Å²) in [6.07, 6.45) is 1.81. The van der Waals surface area contributed by atoms with Crippen molar-refractivity contribution in [3.05, 3.63) is 206 Å². The Morgan fingerprint density at radius 2 is 1.20 bits per heavy atom. The molecule has 3 aromatic heterocycles. The number of hydrogen-bond donors (Lipinski definition) is 0. The Morgan fingerprint density at radius 1 is 0.525 bits per heavy atom. The third-order valence-corrected chi connectivity index (χ3v) is 11.2. The second-order valence-corrected chi connectivity index (χ2v) is 14.7. The second kappa shape index (κ2) is 14.9. The maximum absolute atomic E-state index is 6.77. The number of ether oxygens (including phenoxy) is 1. The van der Waals surface area contributed by atoms with Crippen LogP contribution in [0.15, 0.2) is 199 Å². The van der Waals surface area contributed by atoms with Gasteiger partial charge in [0.05, 0.1) is 11.1 Å². The zero-order valence-electron chi connectivity index (χ0n) is 32.4. The molecule has 0 radical (unpaired) electrons. The van der Waals surface area contributed by atoms with Crippen molar-refractivity contribution in [2.45, 2.75) is 0 Å². The van der Waals surface area contributed by atoms with Crippen LogP contribution in [0.5, 0.6) is 11.5 Å². The Morgan fingerprint density at radius 3 is 1.97 bits per heavy atom. The molecule has 0 saturated carbocycles. The molecule has 1 aliphatic rings. The fourth-order valence-electron chi connectivity index (χ4n) is 8.60. The molecule has 0 atom stereocenters. The van der Waals surface area contributed by atoms with E-state index in [2.05, 4.69) is 152 Å². The summed E-state index contributed by atoms with van der Waals surface area (Å²) in [7, 11) is 0. The van der Waals surface area contributed by atoms with E-state index in [9.17, 15) is 0 Å². The van der Waals surface area contributed by atoms with E-state index in [0.717, 1.165) is 94.6 Å². The molecule has 6 nitrogen and oxygen atoms in total. The molecule has 12 rings (SSSR count). The number of para-hydroxylation sites is 3. The van der Waals surface area contributed by atoms with Gasteiger partial charge in [-0.3, -0.25) is 0 Å². The number of nitrogens with zero attached hydrogens (tertiary/aromatic N) is 4. The van der Waals surface area contributed by atoms with Crippen LogP contribution in [-0.4, -0.2) is 15.6 Å². The zero-order valence-corrected chi connectivity index (χ0v) is 34.7. The molecule has 8 aromatic carbocycles. The number of aromatic nitrogens is 2. The van der Waals surface area contributed by atoms with Crippen molar-refractivity contribution < 1.29 is 30.2 Å². The fraction of sp³-hybridized carbons (Fsp3) is 0. The molecule has 11 aromatic rings. The van der Waals surface area contributed by atoms with Crippen LogP contribution < -0.4 is 13.9 Å². The monoisotopic (exact) mass is 963 g/mol. The molecule has 7 heteroatoms. The Balaban J connectivity index is 0.00000420. The first-order chi connectivity index (χ1) is 29.8. The van der Waals surface area contributed by atoms with Gasteiger partial charge < -0.3 is 13.7 Å². The minimum Gasteiger partial charge on any atom is -0.509 e. The van der Waals surface area contributed by atoms with Gasteiger partial charge in [0, 0.05) is 40.1 Å². The van der Waals surface area contributed by atoms with Gasteiger partial charge >= 0.3 is 38.4 Å². The predicted octanol–water partition coefficient (Wildman–Crippen LogP) is 13.7. The first kappa shape index (κ1) is 36.5. The Bertz CT molecular complexity index is 3490. The molecule has 0 bridgehead atoms. The van der Waals surface area contributed by atoms with Crippen LogP contribution in [0, 0.1) is 12.1 Å². The largest absolute Gasteiger partial charge is 2.00 e. The molecule has 0 fully saturated rings. The number of pyridine rings is 1. The topological polar surface area (TPSA) is 46.2 Å². The summed E-state index contributed by atoms with van der Waals surface area (Å²) in [5.74, 6) is 1.93. The fourth-order valence-corrected chi connectivity index (χ4v) is 8.60. The van der Waals surface area contributed by atoms with Crippen LogP contribution in [0.25, 0.3) is 71.8 Å². The zero-order chi connectivity index (χ0) is 39.6. The van der Waals surface area contributed by atoms with Gasteiger partial charge in [-0.1, -0.05) is 131 Å². The van der Waals surface area contributed by atoms with Gasteiger partial charge in [0.1, 0.15) is 17.1 Å². The molecular weight excluding hydrogens is 932 g/mol. The van der Waals surface area contributed by atoms with E-state index < -0.39 is 0 Å². The van der Waals surface area contributed by atoms with Crippen LogP contribution in [0.2, 0.25) is 0 Å².